The van der Waals surface area contributed by atoms with Crippen LogP contribution in [0.15, 0.2) is 36.0 Å². The maximum absolute atomic E-state index is 3.90. The van der Waals surface area contributed by atoms with Crippen LogP contribution in [0.25, 0.3) is 0 Å². The predicted molar refractivity (Wildman–Crippen MR) is 34.5 cm³/mol. The predicted octanol–water partition coefficient (Wildman–Crippen LogP) is 2.06. The molecule has 0 aromatic rings. The van der Waals surface area contributed by atoms with Gasteiger partial charge >= 0.3 is 0 Å². The van der Waals surface area contributed by atoms with Crippen molar-refractivity contribution < 1.29 is 0 Å². The minimum Gasteiger partial charge on any atom is -0.0952 e. The van der Waals surface area contributed by atoms with Crippen LogP contribution in [0.5, 0.6) is 0 Å². The van der Waals surface area contributed by atoms with Crippen molar-refractivity contribution in [3.8, 4) is 0 Å². The van der Waals surface area contributed by atoms with E-state index in [1.54, 1.807) is 0 Å². The zero-order chi connectivity index (χ0) is 5.56. The van der Waals surface area contributed by atoms with Gasteiger partial charge in [-0.2, -0.15) is 0 Å². The lowest BCUT2D eigenvalue weighted by Crippen LogP contribution is -2.13. The van der Waals surface area contributed by atoms with Gasteiger partial charge in [-0.1, -0.05) is 30.4 Å². The van der Waals surface area contributed by atoms with Crippen molar-refractivity contribution in [1.82, 2.24) is 0 Å². The number of hydrogen-bond acceptors (Lipinski definition) is 0. The maximum Gasteiger partial charge on any atom is 0.00582 e. The average molecular weight is 104 g/mol. The molecule has 0 radical (unpaired) electrons. The Morgan fingerprint density at radius 2 is 2.25 bits per heavy atom. The van der Waals surface area contributed by atoms with E-state index in [1.807, 2.05) is 0 Å². The summed E-state index contributed by atoms with van der Waals surface area (Å²) in [4.78, 5) is 0. The SMILES string of the molecule is C=C1C=CC2=CC1C2. The third-order valence-corrected chi connectivity index (χ3v) is 1.86. The summed E-state index contributed by atoms with van der Waals surface area (Å²) in [7, 11) is 0. The monoisotopic (exact) mass is 104 g/mol. The van der Waals surface area contributed by atoms with Crippen LogP contribution in [-0.2, 0) is 0 Å². The smallest absolute Gasteiger partial charge is 0.00582 e. The minimum absolute atomic E-state index is 0.704. The Kier molecular flexibility index (Phi) is 0.587. The highest BCUT2D eigenvalue weighted by Gasteiger charge is 2.21. The summed E-state index contributed by atoms with van der Waals surface area (Å²) in [5, 5.41) is 0. The van der Waals surface area contributed by atoms with Gasteiger partial charge in [0.25, 0.3) is 0 Å². The van der Waals surface area contributed by atoms with Crippen LogP contribution >= 0.6 is 0 Å². The fourth-order valence-corrected chi connectivity index (χ4v) is 1.18. The molecule has 0 aliphatic heterocycles. The average Bonchev–Trinajstić information content (AvgIpc) is 1.62. The molecule has 8 heavy (non-hydrogen) atoms. The Morgan fingerprint density at radius 3 is 2.50 bits per heavy atom. The van der Waals surface area contributed by atoms with Crippen LogP contribution in [0.4, 0.5) is 0 Å². The zero-order valence-corrected chi connectivity index (χ0v) is 4.72. The standard InChI is InChI=1S/C8H8/c1-6-2-3-7-4-8(6)5-7/h2-4,8H,1,5H2. The molecule has 3 rings (SSSR count). The summed E-state index contributed by atoms with van der Waals surface area (Å²) in [6.07, 6.45) is 7.80. The van der Waals surface area contributed by atoms with Crippen LogP contribution in [-0.4, -0.2) is 0 Å². The van der Waals surface area contributed by atoms with E-state index < -0.39 is 0 Å². The van der Waals surface area contributed by atoms with E-state index in [2.05, 4.69) is 24.8 Å². The molecule has 0 saturated carbocycles. The molecule has 0 nitrogen and oxygen atoms in total. The summed E-state index contributed by atoms with van der Waals surface area (Å²) in [6.45, 7) is 3.90. The second-order valence-electron chi connectivity index (χ2n) is 2.46. The molecular formula is C8H8. The van der Waals surface area contributed by atoms with E-state index in [1.165, 1.54) is 17.6 Å². The number of rotatable bonds is 0. The summed E-state index contributed by atoms with van der Waals surface area (Å²) in [5.74, 6) is 0.704. The van der Waals surface area contributed by atoms with Gasteiger partial charge in [-0.15, -0.1) is 0 Å². The molecule has 0 fully saturated rings. The zero-order valence-electron chi connectivity index (χ0n) is 4.72. The summed E-state index contributed by atoms with van der Waals surface area (Å²) in [5.41, 5.74) is 2.77. The van der Waals surface area contributed by atoms with Gasteiger partial charge < -0.3 is 0 Å². The van der Waals surface area contributed by atoms with Gasteiger partial charge in [0.15, 0.2) is 0 Å². The highest BCUT2D eigenvalue weighted by Crippen LogP contribution is 2.36. The first kappa shape index (κ1) is 4.13. The molecule has 1 unspecified atom stereocenters. The lowest BCUT2D eigenvalue weighted by Gasteiger charge is -2.28. The van der Waals surface area contributed by atoms with E-state index in [-0.39, 0.29) is 0 Å². The van der Waals surface area contributed by atoms with Crippen LogP contribution in [0.2, 0.25) is 0 Å². The van der Waals surface area contributed by atoms with Gasteiger partial charge in [0.2, 0.25) is 0 Å². The normalized spacial score (nSPS) is 31.8. The fourth-order valence-electron chi connectivity index (χ4n) is 1.18. The molecular weight excluding hydrogens is 96.1 g/mol. The Labute approximate surface area is 49.2 Å². The maximum atomic E-state index is 3.90. The Balaban J connectivity index is 2.43. The third kappa shape index (κ3) is 0.353. The summed E-state index contributed by atoms with van der Waals surface area (Å²) < 4.78 is 0. The Bertz CT molecular complexity index is 191. The summed E-state index contributed by atoms with van der Waals surface area (Å²) in [6, 6.07) is 0. The van der Waals surface area contributed by atoms with Crippen LogP contribution in [0.1, 0.15) is 6.42 Å². The van der Waals surface area contributed by atoms with Gasteiger partial charge in [0.05, 0.1) is 0 Å². The minimum atomic E-state index is 0.704. The topological polar surface area (TPSA) is 0 Å². The quantitative estimate of drug-likeness (QED) is 0.441. The van der Waals surface area contributed by atoms with Crippen molar-refractivity contribution in [2.75, 3.05) is 0 Å². The fraction of sp³-hybridized carbons (Fsp3) is 0.250. The Morgan fingerprint density at radius 1 is 1.50 bits per heavy atom. The second kappa shape index (κ2) is 1.13. The molecule has 40 valence electrons. The van der Waals surface area contributed by atoms with Gasteiger partial charge in [0, 0.05) is 5.92 Å². The highest BCUT2D eigenvalue weighted by molar-refractivity contribution is 5.45. The van der Waals surface area contributed by atoms with Crippen molar-refractivity contribution in [1.29, 1.82) is 0 Å². The number of allylic oxidation sites excluding steroid dienone is 5. The molecule has 2 bridgehead atoms. The van der Waals surface area contributed by atoms with Crippen molar-refractivity contribution >= 4 is 0 Å². The second-order valence-corrected chi connectivity index (χ2v) is 2.46. The van der Waals surface area contributed by atoms with Crippen molar-refractivity contribution in [3.05, 3.63) is 36.0 Å². The summed E-state index contributed by atoms with van der Waals surface area (Å²) >= 11 is 0. The molecule has 3 aliphatic rings. The third-order valence-electron chi connectivity index (χ3n) is 1.86. The van der Waals surface area contributed by atoms with Gasteiger partial charge in [0.1, 0.15) is 0 Å². The highest BCUT2D eigenvalue weighted by atomic mass is 14.3. The first-order valence-electron chi connectivity index (χ1n) is 2.94. The van der Waals surface area contributed by atoms with E-state index in [0.717, 1.165) is 0 Å². The first-order valence-corrected chi connectivity index (χ1v) is 2.94. The van der Waals surface area contributed by atoms with E-state index in [9.17, 15) is 0 Å². The lowest BCUT2D eigenvalue weighted by molar-refractivity contribution is 0.683. The van der Waals surface area contributed by atoms with Crippen LogP contribution < -0.4 is 0 Å². The molecule has 0 N–H and O–H groups in total. The lowest BCUT2D eigenvalue weighted by atomic mass is 9.77. The molecule has 0 aromatic heterocycles. The molecule has 0 heteroatoms. The van der Waals surface area contributed by atoms with Crippen molar-refractivity contribution in [2.24, 2.45) is 5.92 Å². The molecule has 1 atom stereocenters. The van der Waals surface area contributed by atoms with Crippen molar-refractivity contribution in [2.45, 2.75) is 6.42 Å². The number of hydrogen-bond donors (Lipinski definition) is 0. The molecule has 0 amide bonds. The van der Waals surface area contributed by atoms with Crippen LogP contribution in [0.3, 0.4) is 0 Å². The van der Waals surface area contributed by atoms with Gasteiger partial charge in [-0.05, 0) is 12.0 Å². The molecule has 0 aromatic carbocycles. The largest absolute Gasteiger partial charge is 0.0952 e. The van der Waals surface area contributed by atoms with Crippen molar-refractivity contribution in [3.63, 3.8) is 0 Å². The number of fused-ring (bicyclic) bond motifs is 1. The molecule has 0 spiro atoms. The first-order chi connectivity index (χ1) is 3.86. The van der Waals surface area contributed by atoms with Gasteiger partial charge in [-0.3, -0.25) is 0 Å². The van der Waals surface area contributed by atoms with E-state index in [4.69, 9.17) is 0 Å². The molecule has 3 aliphatic carbocycles. The van der Waals surface area contributed by atoms with E-state index in [0.29, 0.717) is 5.92 Å². The van der Waals surface area contributed by atoms with Gasteiger partial charge in [-0.25, -0.2) is 0 Å². The Hall–Kier alpha value is -0.780. The molecule has 0 saturated heterocycles. The molecule has 0 heterocycles. The van der Waals surface area contributed by atoms with Crippen LogP contribution in [0, 0.1) is 5.92 Å². The van der Waals surface area contributed by atoms with E-state index >= 15 is 0 Å².